The highest BCUT2D eigenvalue weighted by atomic mass is 16.5. The lowest BCUT2D eigenvalue weighted by atomic mass is 10.1. The fourth-order valence-corrected chi connectivity index (χ4v) is 2.60. The molecule has 27 heavy (non-hydrogen) atoms. The van der Waals surface area contributed by atoms with Crippen molar-refractivity contribution in [2.24, 2.45) is 10.9 Å². The average molecular weight is 368 g/mol. The Labute approximate surface area is 161 Å². The fourth-order valence-electron chi connectivity index (χ4n) is 2.60. The van der Waals surface area contributed by atoms with E-state index in [2.05, 4.69) is 45.7 Å². The Kier molecular flexibility index (Phi) is 6.90. The Balaban J connectivity index is 1.44. The van der Waals surface area contributed by atoms with Gasteiger partial charge in [0.05, 0.1) is 19.3 Å². The molecular formula is C21H28N4O2. The number of aryl methyl sites for hydroxylation is 1. The molecular weight excluding hydrogens is 340 g/mol. The number of nitrogens with zero attached hydrogens (tertiary/aromatic N) is 2. The molecule has 1 aliphatic rings. The van der Waals surface area contributed by atoms with Crippen molar-refractivity contribution in [1.29, 1.82) is 0 Å². The molecule has 1 aliphatic carbocycles. The lowest BCUT2D eigenvalue weighted by Gasteiger charge is -2.15. The van der Waals surface area contributed by atoms with E-state index in [9.17, 15) is 0 Å². The molecule has 1 aromatic carbocycles. The summed E-state index contributed by atoms with van der Waals surface area (Å²) in [7, 11) is 1.76. The van der Waals surface area contributed by atoms with Crippen molar-refractivity contribution in [3.63, 3.8) is 0 Å². The zero-order chi connectivity index (χ0) is 18.9. The molecule has 0 unspecified atom stereocenters. The van der Waals surface area contributed by atoms with Crippen LogP contribution in [0.15, 0.2) is 47.7 Å². The third-order valence-electron chi connectivity index (χ3n) is 4.36. The van der Waals surface area contributed by atoms with E-state index in [0.717, 1.165) is 35.5 Å². The second-order valence-electron chi connectivity index (χ2n) is 6.76. The summed E-state index contributed by atoms with van der Waals surface area (Å²) < 4.78 is 11.7. The summed E-state index contributed by atoms with van der Waals surface area (Å²) in [5, 5.41) is 6.59. The molecule has 0 spiro atoms. The van der Waals surface area contributed by atoms with Crippen LogP contribution < -0.4 is 20.1 Å². The molecule has 144 valence electrons. The predicted molar refractivity (Wildman–Crippen MR) is 107 cm³/mol. The summed E-state index contributed by atoms with van der Waals surface area (Å²) in [6.07, 6.45) is 6.01. The number of ether oxygens (including phenoxy) is 2. The highest BCUT2D eigenvalue weighted by molar-refractivity contribution is 5.79. The van der Waals surface area contributed by atoms with Crippen molar-refractivity contribution in [3.05, 3.63) is 53.9 Å². The van der Waals surface area contributed by atoms with E-state index in [1.54, 1.807) is 19.4 Å². The summed E-state index contributed by atoms with van der Waals surface area (Å²) >= 11 is 0. The quantitative estimate of drug-likeness (QED) is 0.405. The van der Waals surface area contributed by atoms with E-state index in [-0.39, 0.29) is 0 Å². The summed E-state index contributed by atoms with van der Waals surface area (Å²) in [6.45, 7) is 4.74. The van der Waals surface area contributed by atoms with Gasteiger partial charge in [-0.15, -0.1) is 0 Å². The number of nitrogens with one attached hydrogen (secondary N) is 2. The summed E-state index contributed by atoms with van der Waals surface area (Å²) in [4.78, 5) is 8.29. The van der Waals surface area contributed by atoms with Gasteiger partial charge in [0.25, 0.3) is 0 Å². The Morgan fingerprint density at radius 3 is 2.85 bits per heavy atom. The lowest BCUT2D eigenvalue weighted by molar-refractivity contribution is 0.296. The smallest absolute Gasteiger partial charge is 0.191 e. The lowest BCUT2D eigenvalue weighted by Crippen LogP contribution is -2.39. The maximum atomic E-state index is 6.03. The van der Waals surface area contributed by atoms with Gasteiger partial charge in [0.1, 0.15) is 18.1 Å². The molecule has 6 nitrogen and oxygen atoms in total. The van der Waals surface area contributed by atoms with Gasteiger partial charge in [-0.2, -0.15) is 0 Å². The van der Waals surface area contributed by atoms with Gasteiger partial charge in [-0.1, -0.05) is 12.1 Å². The van der Waals surface area contributed by atoms with Gasteiger partial charge in [-0.3, -0.25) is 9.98 Å². The number of guanidine groups is 1. The molecule has 2 aromatic rings. The normalized spacial score (nSPS) is 13.9. The molecule has 1 heterocycles. The molecule has 0 amide bonds. The number of aromatic nitrogens is 1. The van der Waals surface area contributed by atoms with Crippen LogP contribution in [0.5, 0.6) is 11.5 Å². The van der Waals surface area contributed by atoms with Crippen molar-refractivity contribution in [3.8, 4) is 11.5 Å². The van der Waals surface area contributed by atoms with E-state index in [4.69, 9.17) is 9.47 Å². The van der Waals surface area contributed by atoms with Crippen LogP contribution in [-0.2, 0) is 6.54 Å². The molecule has 0 aliphatic heterocycles. The Morgan fingerprint density at radius 1 is 1.22 bits per heavy atom. The molecule has 1 saturated carbocycles. The van der Waals surface area contributed by atoms with Gasteiger partial charge >= 0.3 is 0 Å². The highest BCUT2D eigenvalue weighted by Gasteiger charge is 2.22. The molecule has 2 N–H and O–H groups in total. The third-order valence-corrected chi connectivity index (χ3v) is 4.36. The molecule has 0 radical (unpaired) electrons. The standard InChI is InChI=1S/C21H28N4O2/c1-16-5-8-18(20(12-16)27-15-17-6-7-17)13-25-21(22-2)24-10-11-26-19-4-3-9-23-14-19/h3-5,8-9,12,14,17H,6-7,10-11,13,15H2,1-2H3,(H2,22,24,25). The largest absolute Gasteiger partial charge is 0.493 e. The van der Waals surface area contributed by atoms with Gasteiger partial charge in [-0.05, 0) is 49.4 Å². The maximum Gasteiger partial charge on any atom is 0.191 e. The summed E-state index contributed by atoms with van der Waals surface area (Å²) in [5.41, 5.74) is 2.34. The zero-order valence-electron chi connectivity index (χ0n) is 16.1. The van der Waals surface area contributed by atoms with Gasteiger partial charge in [-0.25, -0.2) is 0 Å². The second-order valence-corrected chi connectivity index (χ2v) is 6.76. The number of rotatable bonds is 9. The number of pyridine rings is 1. The first-order valence-corrected chi connectivity index (χ1v) is 9.44. The third kappa shape index (κ3) is 6.47. The minimum Gasteiger partial charge on any atom is -0.493 e. The van der Waals surface area contributed by atoms with Gasteiger partial charge < -0.3 is 20.1 Å². The predicted octanol–water partition coefficient (Wildman–Crippen LogP) is 2.92. The van der Waals surface area contributed by atoms with Gasteiger partial charge in [0.2, 0.25) is 0 Å². The van der Waals surface area contributed by atoms with Crippen LogP contribution in [0, 0.1) is 12.8 Å². The molecule has 1 aromatic heterocycles. The molecule has 0 atom stereocenters. The number of aliphatic imine (C=N–C) groups is 1. The van der Waals surface area contributed by atoms with E-state index >= 15 is 0 Å². The minimum atomic E-state index is 0.534. The average Bonchev–Trinajstić information content (AvgIpc) is 3.52. The van der Waals surface area contributed by atoms with Crippen molar-refractivity contribution in [2.45, 2.75) is 26.3 Å². The molecule has 0 bridgehead atoms. The van der Waals surface area contributed by atoms with Crippen molar-refractivity contribution in [1.82, 2.24) is 15.6 Å². The van der Waals surface area contributed by atoms with Crippen LogP contribution in [0.3, 0.4) is 0 Å². The van der Waals surface area contributed by atoms with Crippen molar-refractivity contribution < 1.29 is 9.47 Å². The Hall–Kier alpha value is -2.76. The Bertz CT molecular complexity index is 745. The van der Waals surface area contributed by atoms with Crippen molar-refractivity contribution in [2.75, 3.05) is 26.8 Å². The monoisotopic (exact) mass is 368 g/mol. The number of hydrogen-bond donors (Lipinski definition) is 2. The van der Waals surface area contributed by atoms with E-state index < -0.39 is 0 Å². The first-order chi connectivity index (χ1) is 13.2. The van der Waals surface area contributed by atoms with E-state index in [0.29, 0.717) is 19.7 Å². The first kappa shape index (κ1) is 19.0. The van der Waals surface area contributed by atoms with E-state index in [1.165, 1.54) is 18.4 Å². The van der Waals surface area contributed by atoms with E-state index in [1.807, 2.05) is 12.1 Å². The van der Waals surface area contributed by atoms with Gasteiger partial charge in [0.15, 0.2) is 5.96 Å². The maximum absolute atomic E-state index is 6.03. The van der Waals surface area contributed by atoms with Crippen LogP contribution in [-0.4, -0.2) is 37.7 Å². The molecule has 3 rings (SSSR count). The first-order valence-electron chi connectivity index (χ1n) is 9.44. The van der Waals surface area contributed by atoms with Crippen LogP contribution in [0.1, 0.15) is 24.0 Å². The van der Waals surface area contributed by atoms with Crippen LogP contribution in [0.2, 0.25) is 0 Å². The molecule has 6 heteroatoms. The molecule has 0 saturated heterocycles. The second kappa shape index (κ2) is 9.80. The SMILES string of the molecule is CN=C(NCCOc1cccnc1)NCc1ccc(C)cc1OCC1CC1. The highest BCUT2D eigenvalue weighted by Crippen LogP contribution is 2.30. The Morgan fingerprint density at radius 2 is 2.11 bits per heavy atom. The minimum absolute atomic E-state index is 0.534. The number of benzene rings is 1. The summed E-state index contributed by atoms with van der Waals surface area (Å²) in [5.74, 6) is 3.20. The topological polar surface area (TPSA) is 67.8 Å². The zero-order valence-corrected chi connectivity index (χ0v) is 16.1. The van der Waals surface area contributed by atoms with Gasteiger partial charge in [0, 0.05) is 25.4 Å². The molecule has 1 fully saturated rings. The summed E-state index contributed by atoms with van der Waals surface area (Å²) in [6, 6.07) is 10.1. The van der Waals surface area contributed by atoms with Crippen molar-refractivity contribution >= 4 is 5.96 Å². The fraction of sp³-hybridized carbons (Fsp3) is 0.429. The van der Waals surface area contributed by atoms with Crippen LogP contribution >= 0.6 is 0 Å². The van der Waals surface area contributed by atoms with Crippen LogP contribution in [0.4, 0.5) is 0 Å². The van der Waals surface area contributed by atoms with Crippen LogP contribution in [0.25, 0.3) is 0 Å². The number of hydrogen-bond acceptors (Lipinski definition) is 4.